The Morgan fingerprint density at radius 1 is 1.24 bits per heavy atom. The molecular formula is C20H27ClN4O4. The minimum Gasteiger partial charge on any atom is -0.382 e. The maximum Gasteiger partial charge on any atom is 0.322 e. The summed E-state index contributed by atoms with van der Waals surface area (Å²) in [4.78, 5) is 40.4. The van der Waals surface area contributed by atoms with Crippen LogP contribution in [0.4, 0.5) is 10.5 Å². The van der Waals surface area contributed by atoms with E-state index in [0.717, 1.165) is 35.8 Å². The van der Waals surface area contributed by atoms with Crippen LogP contribution in [0.3, 0.4) is 0 Å². The number of aryl methyl sites for hydroxylation is 1. The van der Waals surface area contributed by atoms with Crippen molar-refractivity contribution in [3.8, 4) is 0 Å². The lowest BCUT2D eigenvalue weighted by Crippen LogP contribution is -2.52. The molecule has 3 rings (SSSR count). The molecule has 2 heterocycles. The number of piperazine rings is 1. The van der Waals surface area contributed by atoms with Crippen LogP contribution in [0, 0.1) is 0 Å². The number of imide groups is 1. The third-order valence-corrected chi connectivity index (χ3v) is 5.95. The van der Waals surface area contributed by atoms with Gasteiger partial charge < -0.3 is 19.9 Å². The SMILES string of the molecule is CCc1cc(N2CCN(C(=O)CCC3(COC)NC(=O)NC3=O)CC2)ccc1Cl. The molecule has 0 aliphatic carbocycles. The first-order chi connectivity index (χ1) is 13.9. The number of hydrogen-bond donors (Lipinski definition) is 2. The van der Waals surface area contributed by atoms with Crippen molar-refractivity contribution in [1.82, 2.24) is 15.5 Å². The molecule has 0 aromatic heterocycles. The van der Waals surface area contributed by atoms with Crippen LogP contribution < -0.4 is 15.5 Å². The van der Waals surface area contributed by atoms with Gasteiger partial charge in [-0.1, -0.05) is 18.5 Å². The normalized spacial score (nSPS) is 21.9. The van der Waals surface area contributed by atoms with Gasteiger partial charge in [0.05, 0.1) is 6.61 Å². The molecule has 0 spiro atoms. The molecular weight excluding hydrogens is 396 g/mol. The number of hydrogen-bond acceptors (Lipinski definition) is 5. The van der Waals surface area contributed by atoms with Gasteiger partial charge in [-0.15, -0.1) is 0 Å². The van der Waals surface area contributed by atoms with Gasteiger partial charge in [-0.05, 0) is 36.6 Å². The first-order valence-corrected chi connectivity index (χ1v) is 10.2. The van der Waals surface area contributed by atoms with Gasteiger partial charge in [0.25, 0.3) is 5.91 Å². The largest absolute Gasteiger partial charge is 0.382 e. The third kappa shape index (κ3) is 4.64. The maximum absolute atomic E-state index is 12.7. The first-order valence-electron chi connectivity index (χ1n) is 9.82. The lowest BCUT2D eigenvalue weighted by Gasteiger charge is -2.37. The van der Waals surface area contributed by atoms with Crippen molar-refractivity contribution in [2.24, 2.45) is 0 Å². The van der Waals surface area contributed by atoms with Gasteiger partial charge in [-0.2, -0.15) is 0 Å². The average Bonchev–Trinajstić information content (AvgIpc) is 3.00. The van der Waals surface area contributed by atoms with Gasteiger partial charge in [0.1, 0.15) is 5.54 Å². The van der Waals surface area contributed by atoms with E-state index >= 15 is 0 Å². The Kier molecular flexibility index (Phi) is 6.64. The molecule has 4 amide bonds. The Labute approximate surface area is 175 Å². The number of anilines is 1. The molecule has 2 N–H and O–H groups in total. The molecule has 2 aliphatic heterocycles. The Morgan fingerprint density at radius 3 is 2.55 bits per heavy atom. The van der Waals surface area contributed by atoms with Gasteiger partial charge in [0.15, 0.2) is 0 Å². The minimum atomic E-state index is -1.18. The van der Waals surface area contributed by atoms with E-state index in [1.807, 2.05) is 17.0 Å². The van der Waals surface area contributed by atoms with Crippen LogP contribution in [0.2, 0.25) is 5.02 Å². The lowest BCUT2D eigenvalue weighted by atomic mass is 9.94. The number of carbonyl (C=O) groups excluding carboxylic acids is 3. The topological polar surface area (TPSA) is 91.0 Å². The molecule has 0 saturated carbocycles. The Morgan fingerprint density at radius 2 is 1.97 bits per heavy atom. The number of ether oxygens (including phenoxy) is 1. The number of benzene rings is 1. The summed E-state index contributed by atoms with van der Waals surface area (Å²) < 4.78 is 5.10. The van der Waals surface area contributed by atoms with Gasteiger partial charge in [0, 0.05) is 50.4 Å². The first kappa shape index (κ1) is 21.4. The molecule has 0 bridgehead atoms. The summed E-state index contributed by atoms with van der Waals surface area (Å²) in [7, 11) is 1.46. The molecule has 1 atom stereocenters. The Hall–Kier alpha value is -2.32. The number of nitrogens with zero attached hydrogens (tertiary/aromatic N) is 2. The van der Waals surface area contributed by atoms with Crippen molar-refractivity contribution in [3.63, 3.8) is 0 Å². The molecule has 2 aliphatic rings. The molecule has 0 radical (unpaired) electrons. The third-order valence-electron chi connectivity index (χ3n) is 5.58. The second-order valence-corrected chi connectivity index (χ2v) is 7.83. The van der Waals surface area contributed by atoms with E-state index < -0.39 is 17.5 Å². The summed E-state index contributed by atoms with van der Waals surface area (Å²) in [5.74, 6) is -0.476. The zero-order chi connectivity index (χ0) is 21.0. The number of carbonyl (C=O) groups is 3. The van der Waals surface area contributed by atoms with Crippen molar-refractivity contribution < 1.29 is 19.1 Å². The van der Waals surface area contributed by atoms with Gasteiger partial charge in [0.2, 0.25) is 5.91 Å². The molecule has 2 fully saturated rings. The summed E-state index contributed by atoms with van der Waals surface area (Å²) in [6, 6.07) is 5.48. The van der Waals surface area contributed by atoms with Crippen molar-refractivity contribution in [2.45, 2.75) is 31.7 Å². The van der Waals surface area contributed by atoms with Crippen molar-refractivity contribution >= 4 is 35.1 Å². The smallest absolute Gasteiger partial charge is 0.322 e. The number of rotatable bonds is 7. The van der Waals surface area contributed by atoms with E-state index in [2.05, 4.69) is 28.5 Å². The van der Waals surface area contributed by atoms with Gasteiger partial charge in [-0.3, -0.25) is 14.9 Å². The number of halogens is 1. The molecule has 9 heteroatoms. The van der Waals surface area contributed by atoms with Crippen molar-refractivity contribution in [1.29, 1.82) is 0 Å². The highest BCUT2D eigenvalue weighted by molar-refractivity contribution is 6.31. The zero-order valence-electron chi connectivity index (χ0n) is 16.8. The van der Waals surface area contributed by atoms with Crippen LogP contribution in [0.5, 0.6) is 0 Å². The molecule has 2 saturated heterocycles. The summed E-state index contributed by atoms with van der Waals surface area (Å²) in [5, 5.41) is 5.60. The summed E-state index contributed by atoms with van der Waals surface area (Å²) in [6.07, 6.45) is 1.24. The Bertz CT molecular complexity index is 795. The number of urea groups is 1. The van der Waals surface area contributed by atoms with Crippen LogP contribution in [-0.4, -0.2) is 68.2 Å². The Balaban J connectivity index is 1.55. The standard InChI is InChI=1S/C20H27ClN4O4/c1-3-14-12-15(4-5-16(14)21)24-8-10-25(11-9-24)17(26)6-7-20(13-29-2)18(27)22-19(28)23-20/h4-5,12H,3,6-11,13H2,1-2H3,(H2,22,23,27,28). The fraction of sp³-hybridized carbons (Fsp3) is 0.550. The summed E-state index contributed by atoms with van der Waals surface area (Å²) in [5.41, 5.74) is 1.05. The zero-order valence-corrected chi connectivity index (χ0v) is 17.6. The fourth-order valence-electron chi connectivity index (χ4n) is 3.85. The van der Waals surface area contributed by atoms with Crippen molar-refractivity contribution in [3.05, 3.63) is 28.8 Å². The van der Waals surface area contributed by atoms with Crippen LogP contribution in [0.1, 0.15) is 25.3 Å². The second kappa shape index (κ2) is 9.00. The van der Waals surface area contributed by atoms with Crippen LogP contribution >= 0.6 is 11.6 Å². The van der Waals surface area contributed by atoms with E-state index in [1.54, 1.807) is 0 Å². The van der Waals surface area contributed by atoms with Crippen LogP contribution in [0.25, 0.3) is 0 Å². The lowest BCUT2D eigenvalue weighted by molar-refractivity contribution is -0.133. The predicted molar refractivity (Wildman–Crippen MR) is 110 cm³/mol. The summed E-state index contributed by atoms with van der Waals surface area (Å²) >= 11 is 6.21. The van der Waals surface area contributed by atoms with E-state index in [9.17, 15) is 14.4 Å². The second-order valence-electron chi connectivity index (χ2n) is 7.42. The highest BCUT2D eigenvalue weighted by atomic mass is 35.5. The van der Waals surface area contributed by atoms with Crippen LogP contribution in [0.15, 0.2) is 18.2 Å². The molecule has 1 unspecified atom stereocenters. The van der Waals surface area contributed by atoms with Gasteiger partial charge in [-0.25, -0.2) is 4.79 Å². The molecule has 1 aromatic carbocycles. The minimum absolute atomic E-state index is 0.0283. The number of amides is 4. The van der Waals surface area contributed by atoms with Crippen molar-refractivity contribution in [2.75, 3.05) is 44.8 Å². The van der Waals surface area contributed by atoms with Gasteiger partial charge >= 0.3 is 6.03 Å². The highest BCUT2D eigenvalue weighted by Gasteiger charge is 2.46. The van der Waals surface area contributed by atoms with E-state index in [1.165, 1.54) is 7.11 Å². The molecule has 158 valence electrons. The molecule has 8 nitrogen and oxygen atoms in total. The highest BCUT2D eigenvalue weighted by Crippen LogP contribution is 2.25. The molecule has 29 heavy (non-hydrogen) atoms. The molecule has 1 aromatic rings. The monoisotopic (exact) mass is 422 g/mol. The summed E-state index contributed by atoms with van der Waals surface area (Å²) in [6.45, 7) is 4.79. The maximum atomic E-state index is 12.7. The van der Waals surface area contributed by atoms with E-state index in [4.69, 9.17) is 16.3 Å². The average molecular weight is 423 g/mol. The quantitative estimate of drug-likeness (QED) is 0.651. The fourth-order valence-corrected chi connectivity index (χ4v) is 4.10. The van der Waals surface area contributed by atoms with E-state index in [0.29, 0.717) is 13.1 Å². The van der Waals surface area contributed by atoms with Crippen LogP contribution in [-0.2, 0) is 20.7 Å². The predicted octanol–water partition coefficient (Wildman–Crippen LogP) is 1.56. The number of nitrogens with one attached hydrogen (secondary N) is 2. The van der Waals surface area contributed by atoms with E-state index in [-0.39, 0.29) is 25.4 Å². The number of methoxy groups -OCH3 is 1.